The Labute approximate surface area is 72.3 Å². The van der Waals surface area contributed by atoms with Crippen LogP contribution in [0.2, 0.25) is 0 Å². The SMILES string of the molecule is O=C(O)C1=CC=C(F)C([N+](=O)[O-])C1. The van der Waals surface area contributed by atoms with Crippen LogP contribution in [0.1, 0.15) is 6.42 Å². The van der Waals surface area contributed by atoms with E-state index in [1.165, 1.54) is 0 Å². The number of carboxylic acids is 1. The molecule has 1 N–H and O–H groups in total. The van der Waals surface area contributed by atoms with Gasteiger partial charge in [0, 0.05) is 10.5 Å². The third-order valence-electron chi connectivity index (χ3n) is 1.70. The quantitative estimate of drug-likeness (QED) is 0.514. The van der Waals surface area contributed by atoms with Crippen LogP contribution in [0.5, 0.6) is 0 Å². The summed E-state index contributed by atoms with van der Waals surface area (Å²) in [5, 5.41) is 18.7. The molecule has 0 amide bonds. The van der Waals surface area contributed by atoms with E-state index in [4.69, 9.17) is 5.11 Å². The lowest BCUT2D eigenvalue weighted by Gasteiger charge is -2.10. The highest BCUT2D eigenvalue weighted by molar-refractivity contribution is 5.87. The maximum absolute atomic E-state index is 12.7. The maximum Gasteiger partial charge on any atom is 0.331 e. The molecule has 0 saturated heterocycles. The Balaban J connectivity index is 2.90. The smallest absolute Gasteiger partial charge is 0.331 e. The van der Waals surface area contributed by atoms with Gasteiger partial charge in [0.05, 0.1) is 6.42 Å². The summed E-state index contributed by atoms with van der Waals surface area (Å²) in [7, 11) is 0. The van der Waals surface area contributed by atoms with Crippen molar-refractivity contribution in [1.82, 2.24) is 0 Å². The molecule has 0 spiro atoms. The molecule has 1 aliphatic rings. The highest BCUT2D eigenvalue weighted by atomic mass is 19.1. The molecular weight excluding hydrogens is 181 g/mol. The molecule has 13 heavy (non-hydrogen) atoms. The van der Waals surface area contributed by atoms with E-state index in [0.717, 1.165) is 12.2 Å². The number of halogens is 1. The van der Waals surface area contributed by atoms with Gasteiger partial charge in [-0.3, -0.25) is 10.1 Å². The molecule has 1 rings (SSSR count). The Hall–Kier alpha value is -1.72. The van der Waals surface area contributed by atoms with Crippen molar-refractivity contribution in [2.75, 3.05) is 0 Å². The topological polar surface area (TPSA) is 80.4 Å². The molecule has 0 aromatic rings. The van der Waals surface area contributed by atoms with Gasteiger partial charge in [0.25, 0.3) is 6.04 Å². The van der Waals surface area contributed by atoms with Crippen LogP contribution in [0.4, 0.5) is 4.39 Å². The number of allylic oxidation sites excluding steroid dienone is 2. The number of carboxylic acid groups (broad SMARTS) is 1. The first-order chi connectivity index (χ1) is 6.02. The highest BCUT2D eigenvalue weighted by Gasteiger charge is 2.31. The first kappa shape index (κ1) is 9.37. The van der Waals surface area contributed by atoms with Crippen molar-refractivity contribution in [3.63, 3.8) is 0 Å². The molecule has 0 aliphatic heterocycles. The maximum atomic E-state index is 12.7. The minimum Gasteiger partial charge on any atom is -0.478 e. The van der Waals surface area contributed by atoms with Gasteiger partial charge in [-0.05, 0) is 12.2 Å². The van der Waals surface area contributed by atoms with Crippen molar-refractivity contribution >= 4 is 5.97 Å². The summed E-state index contributed by atoms with van der Waals surface area (Å²) < 4.78 is 12.7. The standard InChI is InChI=1S/C7H6FNO4/c8-5-2-1-4(7(10)11)3-6(5)9(12)13/h1-2,6H,3H2,(H,10,11). The molecule has 1 aliphatic carbocycles. The zero-order valence-electron chi connectivity index (χ0n) is 6.44. The summed E-state index contributed by atoms with van der Waals surface area (Å²) in [4.78, 5) is 19.8. The monoisotopic (exact) mass is 187 g/mol. The Morgan fingerprint density at radius 3 is 2.77 bits per heavy atom. The minimum atomic E-state index is -1.55. The van der Waals surface area contributed by atoms with Crippen molar-refractivity contribution in [2.45, 2.75) is 12.5 Å². The molecule has 6 heteroatoms. The van der Waals surface area contributed by atoms with Crippen molar-refractivity contribution < 1.29 is 19.2 Å². The molecular formula is C7H6FNO4. The van der Waals surface area contributed by atoms with Gasteiger partial charge in [-0.15, -0.1) is 0 Å². The van der Waals surface area contributed by atoms with Crippen molar-refractivity contribution in [3.05, 3.63) is 33.7 Å². The molecule has 0 saturated carbocycles. The van der Waals surface area contributed by atoms with E-state index in [1.54, 1.807) is 0 Å². The lowest BCUT2D eigenvalue weighted by atomic mass is 10.0. The van der Waals surface area contributed by atoms with Crippen molar-refractivity contribution in [2.24, 2.45) is 0 Å². The van der Waals surface area contributed by atoms with E-state index >= 15 is 0 Å². The molecule has 0 fully saturated rings. The van der Waals surface area contributed by atoms with Crippen LogP contribution in [0.15, 0.2) is 23.6 Å². The first-order valence-corrected chi connectivity index (χ1v) is 3.45. The minimum absolute atomic E-state index is 0.150. The van der Waals surface area contributed by atoms with Gasteiger partial charge in [-0.2, -0.15) is 0 Å². The zero-order chi connectivity index (χ0) is 10.0. The summed E-state index contributed by atoms with van der Waals surface area (Å²) in [5.41, 5.74) is -0.150. The van der Waals surface area contributed by atoms with Crippen LogP contribution in [0.3, 0.4) is 0 Å². The molecule has 70 valence electrons. The number of nitro groups is 1. The van der Waals surface area contributed by atoms with Gasteiger partial charge in [-0.25, -0.2) is 9.18 Å². The Morgan fingerprint density at radius 2 is 2.31 bits per heavy atom. The molecule has 5 nitrogen and oxygen atoms in total. The van der Waals surface area contributed by atoms with Crippen LogP contribution in [0.25, 0.3) is 0 Å². The van der Waals surface area contributed by atoms with E-state index in [0.29, 0.717) is 0 Å². The molecule has 0 aromatic carbocycles. The molecule has 1 atom stereocenters. The summed E-state index contributed by atoms with van der Waals surface area (Å²) in [6.07, 6.45) is 1.46. The fourth-order valence-electron chi connectivity index (χ4n) is 0.999. The lowest BCUT2D eigenvalue weighted by Crippen LogP contribution is -2.24. The number of nitrogens with zero attached hydrogens (tertiary/aromatic N) is 1. The predicted octanol–water partition coefficient (Wildman–Crippen LogP) is 0.900. The third kappa shape index (κ3) is 1.90. The fourth-order valence-corrected chi connectivity index (χ4v) is 0.999. The van der Waals surface area contributed by atoms with Gasteiger partial charge >= 0.3 is 5.97 Å². The second kappa shape index (κ2) is 3.34. The molecule has 0 bridgehead atoms. The molecule has 1 unspecified atom stereocenters. The fraction of sp³-hybridized carbons (Fsp3) is 0.286. The number of rotatable bonds is 2. The van der Waals surface area contributed by atoms with Crippen LogP contribution in [-0.2, 0) is 4.79 Å². The van der Waals surface area contributed by atoms with Crippen LogP contribution >= 0.6 is 0 Å². The van der Waals surface area contributed by atoms with E-state index in [-0.39, 0.29) is 5.57 Å². The highest BCUT2D eigenvalue weighted by Crippen LogP contribution is 2.22. The Kier molecular flexibility index (Phi) is 2.41. The summed E-state index contributed by atoms with van der Waals surface area (Å²) in [6, 6.07) is -1.55. The Morgan fingerprint density at radius 1 is 1.69 bits per heavy atom. The van der Waals surface area contributed by atoms with Crippen LogP contribution in [0, 0.1) is 10.1 Å². The van der Waals surface area contributed by atoms with Crippen molar-refractivity contribution in [1.29, 1.82) is 0 Å². The summed E-state index contributed by atoms with van der Waals surface area (Å²) in [6.45, 7) is 0. The van der Waals surface area contributed by atoms with Gasteiger partial charge in [0.2, 0.25) is 0 Å². The number of hydrogen-bond acceptors (Lipinski definition) is 3. The average molecular weight is 187 g/mol. The second-order valence-electron chi connectivity index (χ2n) is 2.55. The molecule has 0 radical (unpaired) electrons. The summed E-state index contributed by atoms with van der Waals surface area (Å²) in [5.74, 6) is -2.16. The van der Waals surface area contributed by atoms with E-state index < -0.39 is 29.2 Å². The van der Waals surface area contributed by atoms with Gasteiger partial charge < -0.3 is 5.11 Å². The molecule has 0 aromatic heterocycles. The lowest BCUT2D eigenvalue weighted by molar-refractivity contribution is -0.514. The van der Waals surface area contributed by atoms with E-state index in [9.17, 15) is 19.3 Å². The van der Waals surface area contributed by atoms with Crippen molar-refractivity contribution in [3.8, 4) is 0 Å². The third-order valence-corrected chi connectivity index (χ3v) is 1.70. The van der Waals surface area contributed by atoms with E-state index in [1.807, 2.05) is 0 Å². The van der Waals surface area contributed by atoms with E-state index in [2.05, 4.69) is 0 Å². The number of carbonyl (C=O) groups is 1. The van der Waals surface area contributed by atoms with Gasteiger partial charge in [-0.1, -0.05) is 0 Å². The van der Waals surface area contributed by atoms with Crippen LogP contribution in [-0.4, -0.2) is 22.0 Å². The Bertz CT molecular complexity index is 320. The van der Waals surface area contributed by atoms with Gasteiger partial charge in [0.1, 0.15) is 0 Å². The number of aliphatic carboxylic acids is 1. The molecule has 0 heterocycles. The summed E-state index contributed by atoms with van der Waals surface area (Å²) >= 11 is 0. The normalized spacial score (nSPS) is 21.8. The largest absolute Gasteiger partial charge is 0.478 e. The zero-order valence-corrected chi connectivity index (χ0v) is 6.44. The second-order valence-corrected chi connectivity index (χ2v) is 2.55. The first-order valence-electron chi connectivity index (χ1n) is 3.45. The number of hydrogen-bond donors (Lipinski definition) is 1. The van der Waals surface area contributed by atoms with Gasteiger partial charge in [0.15, 0.2) is 5.83 Å². The van der Waals surface area contributed by atoms with Crippen LogP contribution < -0.4 is 0 Å². The predicted molar refractivity (Wildman–Crippen MR) is 40.3 cm³/mol. The average Bonchev–Trinajstić information content (AvgIpc) is 2.04.